The van der Waals surface area contributed by atoms with Crippen LogP contribution in [0.5, 0.6) is 0 Å². The molecule has 3 nitrogen and oxygen atoms in total. The van der Waals surface area contributed by atoms with E-state index in [1.54, 1.807) is 12.1 Å². The predicted molar refractivity (Wildman–Crippen MR) is 85.4 cm³/mol. The molecule has 2 N–H and O–H groups in total. The largest absolute Gasteiger partial charge is 0.332 e. The number of nitrogens with two attached hydrogens (primary N) is 1. The minimum Gasteiger partial charge on any atom is -0.332 e. The Morgan fingerprint density at radius 3 is 2.38 bits per heavy atom. The molecule has 1 aromatic carbocycles. The van der Waals surface area contributed by atoms with E-state index in [-0.39, 0.29) is 5.82 Å². The van der Waals surface area contributed by atoms with Crippen LogP contribution in [-0.4, -0.2) is 23.3 Å². The van der Waals surface area contributed by atoms with Crippen LogP contribution >= 0.6 is 0 Å². The fourth-order valence-corrected chi connectivity index (χ4v) is 2.38. The number of allylic oxidation sites excluding steroid dienone is 2. The van der Waals surface area contributed by atoms with Gasteiger partial charge in [0.05, 0.1) is 11.2 Å². The van der Waals surface area contributed by atoms with Gasteiger partial charge in [0.25, 0.3) is 0 Å². The topological polar surface area (TPSA) is 41.6 Å². The molecule has 0 aliphatic carbocycles. The van der Waals surface area contributed by atoms with Crippen LogP contribution in [-0.2, 0) is 6.42 Å². The average Bonchev–Trinajstić information content (AvgIpc) is 2.40. The third-order valence-electron chi connectivity index (χ3n) is 3.69. The van der Waals surface area contributed by atoms with Crippen LogP contribution in [0.3, 0.4) is 0 Å². The van der Waals surface area contributed by atoms with Crippen LogP contribution in [0.25, 0.3) is 0 Å². The first-order chi connectivity index (χ1) is 9.70. The molecule has 0 bridgehead atoms. The fourth-order valence-electron chi connectivity index (χ4n) is 2.38. The van der Waals surface area contributed by atoms with Gasteiger partial charge in [0, 0.05) is 19.2 Å². The lowest BCUT2D eigenvalue weighted by Crippen LogP contribution is -2.50. The highest BCUT2D eigenvalue weighted by Crippen LogP contribution is 2.28. The number of hydrogen-bond acceptors (Lipinski definition) is 3. The molecule has 0 atom stereocenters. The van der Waals surface area contributed by atoms with Crippen molar-refractivity contribution in [3.63, 3.8) is 0 Å². The number of rotatable bonds is 3. The third-order valence-corrected chi connectivity index (χ3v) is 3.69. The Bertz CT molecular complexity index is 618. The van der Waals surface area contributed by atoms with Crippen molar-refractivity contribution in [2.75, 3.05) is 7.05 Å². The molecule has 4 heteroatoms. The van der Waals surface area contributed by atoms with Crippen LogP contribution in [0.1, 0.15) is 26.3 Å². The van der Waals surface area contributed by atoms with Gasteiger partial charge in [0.15, 0.2) is 0 Å². The zero-order valence-corrected chi connectivity index (χ0v) is 13.1. The summed E-state index contributed by atoms with van der Waals surface area (Å²) in [7, 11) is 1.92. The maximum atomic E-state index is 13.0. The number of likely N-dealkylation sites (N-methyl/N-ethyl adjacent to an activating group) is 1. The van der Waals surface area contributed by atoms with Gasteiger partial charge < -0.3 is 10.6 Å². The van der Waals surface area contributed by atoms with E-state index in [9.17, 15) is 4.39 Å². The van der Waals surface area contributed by atoms with Crippen LogP contribution in [0, 0.1) is 5.82 Å². The smallest absolute Gasteiger partial charge is 0.128 e. The molecule has 112 valence electrons. The van der Waals surface area contributed by atoms with Gasteiger partial charge in [-0.1, -0.05) is 18.7 Å². The number of hydrogen-bond donors (Lipinski definition) is 1. The molecule has 0 amide bonds. The Hall–Kier alpha value is -1.94. The summed E-state index contributed by atoms with van der Waals surface area (Å²) in [5.74, 6) is 0.555. The van der Waals surface area contributed by atoms with Gasteiger partial charge in [-0.2, -0.15) is 0 Å². The minimum atomic E-state index is -0.549. The van der Waals surface area contributed by atoms with Crippen molar-refractivity contribution < 1.29 is 4.39 Å². The molecule has 1 aromatic rings. The zero-order chi connectivity index (χ0) is 15.8. The molecule has 1 aliphatic heterocycles. The van der Waals surface area contributed by atoms with Gasteiger partial charge in [-0.05, 0) is 44.0 Å². The van der Waals surface area contributed by atoms with E-state index in [0.717, 1.165) is 28.4 Å². The van der Waals surface area contributed by atoms with Gasteiger partial charge in [0.2, 0.25) is 0 Å². The molecular formula is C17H22FN3. The fraction of sp³-hybridized carbons (Fsp3) is 0.353. The van der Waals surface area contributed by atoms with Crippen LogP contribution < -0.4 is 5.73 Å². The predicted octanol–water partition coefficient (Wildman–Crippen LogP) is 3.24. The third kappa shape index (κ3) is 3.22. The Morgan fingerprint density at radius 2 is 1.86 bits per heavy atom. The molecule has 0 aromatic heterocycles. The van der Waals surface area contributed by atoms with Crippen LogP contribution in [0.15, 0.2) is 52.8 Å². The highest BCUT2D eigenvalue weighted by molar-refractivity contribution is 5.94. The summed E-state index contributed by atoms with van der Waals surface area (Å²) in [6.07, 6.45) is 0.637. The number of benzene rings is 1. The zero-order valence-electron chi connectivity index (χ0n) is 13.1. The first-order valence-corrected chi connectivity index (χ1v) is 6.95. The highest BCUT2D eigenvalue weighted by atomic mass is 19.1. The van der Waals surface area contributed by atoms with Crippen LogP contribution in [0.2, 0.25) is 0 Å². The standard InChI is InChI=1S/C17H22FN3/c1-11-12(2)21(5)16(17(3,4)19)20-15(11)10-13-6-8-14(18)9-7-13/h6-9H,2,10,19H2,1,3-5H3. The Balaban J connectivity index is 2.38. The first-order valence-electron chi connectivity index (χ1n) is 6.95. The number of amidine groups is 1. The van der Waals surface area contributed by atoms with E-state index in [1.807, 2.05) is 32.7 Å². The summed E-state index contributed by atoms with van der Waals surface area (Å²) in [5.41, 5.74) is 9.53. The molecule has 2 rings (SSSR count). The van der Waals surface area contributed by atoms with E-state index in [2.05, 4.69) is 6.58 Å². The molecular weight excluding hydrogens is 265 g/mol. The molecule has 0 saturated heterocycles. The second-order valence-corrected chi connectivity index (χ2v) is 6.04. The minimum absolute atomic E-state index is 0.232. The van der Waals surface area contributed by atoms with Gasteiger partial charge in [0.1, 0.15) is 11.7 Å². The maximum Gasteiger partial charge on any atom is 0.128 e. The van der Waals surface area contributed by atoms with Gasteiger partial charge in [-0.15, -0.1) is 0 Å². The quantitative estimate of drug-likeness (QED) is 0.927. The summed E-state index contributed by atoms with van der Waals surface area (Å²) in [5, 5.41) is 0. The van der Waals surface area contributed by atoms with Crippen molar-refractivity contribution in [3.8, 4) is 0 Å². The second-order valence-electron chi connectivity index (χ2n) is 6.04. The van der Waals surface area contributed by atoms with Crippen molar-refractivity contribution in [3.05, 3.63) is 59.2 Å². The monoisotopic (exact) mass is 287 g/mol. The van der Waals surface area contributed by atoms with E-state index in [0.29, 0.717) is 6.42 Å². The Morgan fingerprint density at radius 1 is 1.29 bits per heavy atom. The van der Waals surface area contributed by atoms with Gasteiger partial charge in [-0.3, -0.25) is 0 Å². The second kappa shape index (κ2) is 5.45. The van der Waals surface area contributed by atoms with E-state index in [4.69, 9.17) is 10.7 Å². The summed E-state index contributed by atoms with van der Waals surface area (Å²) < 4.78 is 13.0. The van der Waals surface area contributed by atoms with E-state index in [1.165, 1.54) is 12.1 Å². The molecule has 0 spiro atoms. The first kappa shape index (κ1) is 15.4. The SMILES string of the molecule is C=C1C(C)=C(Cc2ccc(F)cc2)N=C(C(C)(C)N)N1C. The number of nitrogens with zero attached hydrogens (tertiary/aromatic N) is 2. The van der Waals surface area contributed by atoms with E-state index >= 15 is 0 Å². The summed E-state index contributed by atoms with van der Waals surface area (Å²) >= 11 is 0. The van der Waals surface area contributed by atoms with Crippen LogP contribution in [0.4, 0.5) is 4.39 Å². The number of halogens is 1. The van der Waals surface area contributed by atoms with Crippen molar-refractivity contribution in [1.29, 1.82) is 0 Å². The maximum absolute atomic E-state index is 13.0. The molecule has 0 radical (unpaired) electrons. The molecule has 0 fully saturated rings. The average molecular weight is 287 g/mol. The summed E-state index contributed by atoms with van der Waals surface area (Å²) in [4.78, 5) is 6.66. The molecule has 0 saturated carbocycles. The Kier molecular flexibility index (Phi) is 4.01. The van der Waals surface area contributed by atoms with E-state index < -0.39 is 5.54 Å². The molecule has 1 aliphatic rings. The van der Waals surface area contributed by atoms with Gasteiger partial charge in [-0.25, -0.2) is 9.38 Å². The molecule has 1 heterocycles. The summed E-state index contributed by atoms with van der Waals surface area (Å²) in [6.45, 7) is 9.96. The normalized spacial score (nSPS) is 16.4. The van der Waals surface area contributed by atoms with Crippen molar-refractivity contribution in [2.45, 2.75) is 32.7 Å². The molecule has 0 unspecified atom stereocenters. The lowest BCUT2D eigenvalue weighted by Gasteiger charge is -2.36. The molecule has 21 heavy (non-hydrogen) atoms. The van der Waals surface area contributed by atoms with Crippen molar-refractivity contribution >= 4 is 5.84 Å². The highest BCUT2D eigenvalue weighted by Gasteiger charge is 2.29. The lowest BCUT2D eigenvalue weighted by atomic mass is 9.98. The van der Waals surface area contributed by atoms with Crippen molar-refractivity contribution in [1.82, 2.24) is 4.90 Å². The Labute approximate surface area is 125 Å². The van der Waals surface area contributed by atoms with Gasteiger partial charge >= 0.3 is 0 Å². The number of aliphatic imine (C=N–C) groups is 1. The van der Waals surface area contributed by atoms with Crippen molar-refractivity contribution in [2.24, 2.45) is 10.7 Å². The summed E-state index contributed by atoms with van der Waals surface area (Å²) in [6, 6.07) is 6.48. The lowest BCUT2D eigenvalue weighted by molar-refractivity contribution is 0.535.